The highest BCUT2D eigenvalue weighted by Crippen LogP contribution is 2.46. The second kappa shape index (κ2) is 6.58. The molecule has 2 heterocycles. The lowest BCUT2D eigenvalue weighted by atomic mass is 9.69. The fourth-order valence-corrected chi connectivity index (χ4v) is 4.94. The predicted octanol–water partition coefficient (Wildman–Crippen LogP) is 3.17. The van der Waals surface area contributed by atoms with Crippen molar-refractivity contribution in [2.75, 3.05) is 25.5 Å². The number of hydrogen-bond donors (Lipinski definition) is 1. The minimum absolute atomic E-state index is 0.0638. The molecule has 1 aliphatic heterocycles. The molecule has 1 aromatic heterocycles. The first-order chi connectivity index (χ1) is 13.2. The highest BCUT2D eigenvalue weighted by Gasteiger charge is 2.50. The first kappa shape index (κ1) is 18.9. The number of aryl methyl sites for hydroxylation is 2. The maximum absolute atomic E-state index is 13.9. The number of urea groups is 1. The van der Waals surface area contributed by atoms with E-state index in [0.717, 1.165) is 42.8 Å². The van der Waals surface area contributed by atoms with Gasteiger partial charge in [0.05, 0.1) is 17.8 Å². The van der Waals surface area contributed by atoms with Crippen molar-refractivity contribution in [3.63, 3.8) is 0 Å². The molecule has 0 radical (unpaired) electrons. The molecule has 6 nitrogen and oxygen atoms in total. The molecule has 2 fully saturated rings. The normalized spacial score (nSPS) is 27.6. The summed E-state index contributed by atoms with van der Waals surface area (Å²) in [4.78, 5) is 16.7. The topological polar surface area (TPSA) is 53.4 Å². The maximum atomic E-state index is 13.9. The molecule has 1 aromatic carbocycles. The van der Waals surface area contributed by atoms with Crippen LogP contribution in [-0.2, 0) is 12.6 Å². The van der Waals surface area contributed by atoms with E-state index in [1.807, 2.05) is 26.1 Å². The van der Waals surface area contributed by atoms with Gasteiger partial charge in [0.2, 0.25) is 0 Å². The van der Waals surface area contributed by atoms with Crippen LogP contribution < -0.4 is 10.2 Å². The van der Waals surface area contributed by atoms with Crippen molar-refractivity contribution in [1.82, 2.24) is 20.0 Å². The highest BCUT2D eigenvalue weighted by molar-refractivity contribution is 5.94. The summed E-state index contributed by atoms with van der Waals surface area (Å²) in [5.74, 6) is 0.618. The van der Waals surface area contributed by atoms with Gasteiger partial charge in [0.25, 0.3) is 0 Å². The molecule has 28 heavy (non-hydrogen) atoms. The third kappa shape index (κ3) is 2.98. The number of amides is 2. The summed E-state index contributed by atoms with van der Waals surface area (Å²) >= 11 is 0. The van der Waals surface area contributed by atoms with E-state index in [9.17, 15) is 9.18 Å². The van der Waals surface area contributed by atoms with Gasteiger partial charge in [-0.25, -0.2) is 9.18 Å². The maximum Gasteiger partial charge on any atom is 0.323 e. The molecule has 2 amide bonds. The van der Waals surface area contributed by atoms with Crippen LogP contribution in [0.1, 0.15) is 36.9 Å². The number of halogens is 1. The molecular weight excluding hydrogens is 357 g/mol. The zero-order chi connectivity index (χ0) is 20.1. The van der Waals surface area contributed by atoms with Gasteiger partial charge in [-0.2, -0.15) is 5.10 Å². The molecule has 2 aromatic rings. The van der Waals surface area contributed by atoms with Crippen LogP contribution in [0.25, 0.3) is 0 Å². The summed E-state index contributed by atoms with van der Waals surface area (Å²) < 4.78 is 15.6. The van der Waals surface area contributed by atoms with E-state index >= 15 is 0 Å². The van der Waals surface area contributed by atoms with Crippen LogP contribution in [0.3, 0.4) is 0 Å². The van der Waals surface area contributed by atoms with Crippen molar-refractivity contribution in [3.05, 3.63) is 47.4 Å². The van der Waals surface area contributed by atoms with E-state index in [1.165, 1.54) is 6.07 Å². The minimum Gasteiger partial charge on any atom is -0.330 e. The average molecular weight is 385 g/mol. The lowest BCUT2D eigenvalue weighted by molar-refractivity contribution is 0.0655. The summed E-state index contributed by atoms with van der Waals surface area (Å²) in [7, 11) is 5.98. The zero-order valence-electron chi connectivity index (χ0n) is 17.0. The Morgan fingerprint density at radius 3 is 2.46 bits per heavy atom. The average Bonchev–Trinajstić information content (AvgIpc) is 3.14. The summed E-state index contributed by atoms with van der Waals surface area (Å²) in [6, 6.07) is 8.81. The van der Waals surface area contributed by atoms with Crippen molar-refractivity contribution in [2.24, 2.45) is 7.05 Å². The third-order valence-electron chi connectivity index (χ3n) is 6.58. The van der Waals surface area contributed by atoms with E-state index in [4.69, 9.17) is 0 Å². The lowest BCUT2D eigenvalue weighted by Gasteiger charge is -2.48. The fourth-order valence-electron chi connectivity index (χ4n) is 4.94. The van der Waals surface area contributed by atoms with E-state index in [2.05, 4.69) is 29.4 Å². The SMILES string of the molecule is Cc1cc(N2C[C@]3(CC[C@](c4cccc(F)c4)(N(C)C)CC3)NC2=O)n(C)n1. The van der Waals surface area contributed by atoms with Gasteiger partial charge in [-0.3, -0.25) is 14.5 Å². The Morgan fingerprint density at radius 2 is 1.89 bits per heavy atom. The van der Waals surface area contributed by atoms with Gasteiger partial charge in [0, 0.05) is 18.7 Å². The summed E-state index contributed by atoms with van der Waals surface area (Å²) in [5.41, 5.74) is 1.44. The molecule has 1 saturated heterocycles. The summed E-state index contributed by atoms with van der Waals surface area (Å²) in [6.45, 7) is 2.57. The molecular formula is C21H28FN5O. The van der Waals surface area contributed by atoms with Crippen molar-refractivity contribution >= 4 is 11.8 Å². The molecule has 0 bridgehead atoms. The van der Waals surface area contributed by atoms with E-state index in [1.54, 1.807) is 21.7 Å². The Hall–Kier alpha value is -2.41. The smallest absolute Gasteiger partial charge is 0.323 e. The Kier molecular flexibility index (Phi) is 4.45. The first-order valence-electron chi connectivity index (χ1n) is 9.79. The van der Waals surface area contributed by atoms with Crippen LogP contribution in [0.15, 0.2) is 30.3 Å². The van der Waals surface area contributed by atoms with Gasteiger partial charge in [0.1, 0.15) is 11.6 Å². The molecule has 2 aliphatic rings. The number of nitrogens with zero attached hydrogens (tertiary/aromatic N) is 4. The molecule has 0 atom stereocenters. The van der Waals surface area contributed by atoms with E-state index < -0.39 is 0 Å². The highest BCUT2D eigenvalue weighted by atomic mass is 19.1. The number of aromatic nitrogens is 2. The molecule has 1 N–H and O–H groups in total. The minimum atomic E-state index is -0.248. The van der Waals surface area contributed by atoms with Crippen LogP contribution in [0.5, 0.6) is 0 Å². The van der Waals surface area contributed by atoms with Gasteiger partial charge < -0.3 is 5.32 Å². The van der Waals surface area contributed by atoms with Gasteiger partial charge in [0.15, 0.2) is 0 Å². The fraction of sp³-hybridized carbons (Fsp3) is 0.524. The monoisotopic (exact) mass is 385 g/mol. The number of carbonyl (C=O) groups is 1. The molecule has 1 spiro atoms. The second-order valence-electron chi connectivity index (χ2n) is 8.50. The van der Waals surface area contributed by atoms with Gasteiger partial charge >= 0.3 is 6.03 Å². The Morgan fingerprint density at radius 1 is 1.18 bits per heavy atom. The Labute approximate surface area is 165 Å². The standard InChI is InChI=1S/C21H28FN5O/c1-15-12-18(26(4)24-15)27-14-20(23-19(27)28)8-10-21(11-9-20,25(2)3)16-6-5-7-17(22)13-16/h5-7,12-13H,8-11,14H2,1-4H3,(H,23,28)/t20-,21+. The number of rotatable bonds is 3. The second-order valence-corrected chi connectivity index (χ2v) is 8.50. The number of carbonyl (C=O) groups excluding carboxylic acids is 1. The number of nitrogens with one attached hydrogen (secondary N) is 1. The van der Waals surface area contributed by atoms with Gasteiger partial charge in [-0.15, -0.1) is 0 Å². The van der Waals surface area contributed by atoms with Crippen molar-refractivity contribution in [2.45, 2.75) is 43.7 Å². The quantitative estimate of drug-likeness (QED) is 0.883. The van der Waals surface area contributed by atoms with E-state index in [0.29, 0.717) is 6.54 Å². The summed E-state index contributed by atoms with van der Waals surface area (Å²) in [5, 5.41) is 7.62. The Balaban J connectivity index is 1.57. The molecule has 1 saturated carbocycles. The molecule has 0 unspecified atom stereocenters. The van der Waals surface area contributed by atoms with Crippen molar-refractivity contribution in [3.8, 4) is 0 Å². The van der Waals surface area contributed by atoms with E-state index in [-0.39, 0.29) is 22.9 Å². The van der Waals surface area contributed by atoms with Crippen molar-refractivity contribution in [1.29, 1.82) is 0 Å². The molecule has 4 rings (SSSR count). The third-order valence-corrected chi connectivity index (χ3v) is 6.58. The van der Waals surface area contributed by atoms with Gasteiger partial charge in [-0.1, -0.05) is 12.1 Å². The number of hydrogen-bond acceptors (Lipinski definition) is 3. The van der Waals surface area contributed by atoms with Crippen LogP contribution in [-0.4, -0.2) is 46.9 Å². The number of benzene rings is 1. The van der Waals surface area contributed by atoms with Crippen LogP contribution in [0, 0.1) is 12.7 Å². The van der Waals surface area contributed by atoms with Gasteiger partial charge in [-0.05, 0) is 64.4 Å². The zero-order valence-corrected chi connectivity index (χ0v) is 17.0. The number of anilines is 1. The molecule has 150 valence electrons. The predicted molar refractivity (Wildman–Crippen MR) is 107 cm³/mol. The van der Waals surface area contributed by atoms with Crippen LogP contribution in [0.4, 0.5) is 15.0 Å². The Bertz CT molecular complexity index is 898. The van der Waals surface area contributed by atoms with Crippen molar-refractivity contribution < 1.29 is 9.18 Å². The molecule has 7 heteroatoms. The first-order valence-corrected chi connectivity index (χ1v) is 9.79. The largest absolute Gasteiger partial charge is 0.330 e. The summed E-state index contributed by atoms with van der Waals surface area (Å²) in [6.07, 6.45) is 3.42. The van der Waals surface area contributed by atoms with Crippen LogP contribution in [0.2, 0.25) is 0 Å². The lowest BCUT2D eigenvalue weighted by Crippen LogP contribution is -2.54. The van der Waals surface area contributed by atoms with Crippen LogP contribution >= 0.6 is 0 Å². The molecule has 1 aliphatic carbocycles.